The minimum absolute atomic E-state index is 0.354. The third-order valence-electron chi connectivity index (χ3n) is 7.21. The van der Waals surface area contributed by atoms with E-state index in [1.54, 1.807) is 18.3 Å². The zero-order chi connectivity index (χ0) is 26.6. The molecule has 0 saturated carbocycles. The number of carbonyl (C=O) groups is 2. The highest BCUT2D eigenvalue weighted by atomic mass is 32.2. The lowest BCUT2D eigenvalue weighted by Gasteiger charge is -2.32. The number of pyridine rings is 1. The molecule has 8 nitrogen and oxygen atoms in total. The summed E-state index contributed by atoms with van der Waals surface area (Å²) in [7, 11) is 0. The summed E-state index contributed by atoms with van der Waals surface area (Å²) >= 11 is 0.893. The van der Waals surface area contributed by atoms with Crippen LogP contribution >= 0.6 is 11.8 Å². The molecule has 2 aromatic carbocycles. The van der Waals surface area contributed by atoms with Crippen LogP contribution in [0, 0.1) is 5.92 Å². The molecule has 6 rings (SSSR count). The molecule has 0 unspecified atom stereocenters. The van der Waals surface area contributed by atoms with Crippen LogP contribution in [0.4, 0.5) is 10.7 Å². The van der Waals surface area contributed by atoms with Crippen molar-refractivity contribution in [2.75, 3.05) is 24.5 Å². The van der Waals surface area contributed by atoms with Gasteiger partial charge in [0.05, 0.1) is 10.6 Å². The summed E-state index contributed by atoms with van der Waals surface area (Å²) in [6.45, 7) is 3.49. The van der Waals surface area contributed by atoms with E-state index in [0.717, 1.165) is 61.7 Å². The predicted molar refractivity (Wildman–Crippen MR) is 155 cm³/mol. The molecule has 9 heteroatoms. The van der Waals surface area contributed by atoms with Crippen LogP contribution in [0.5, 0.6) is 0 Å². The van der Waals surface area contributed by atoms with Crippen LogP contribution in [0.3, 0.4) is 0 Å². The van der Waals surface area contributed by atoms with Gasteiger partial charge in [-0.05, 0) is 65.7 Å². The SMILES string of the molecule is O=C1NC(=O)C(=Cc2ccnc(N3CCC(CNCc4ccccc4-c4cncc5ccccc45)CC3)n2)S1. The number of rotatable bonds is 7. The summed E-state index contributed by atoms with van der Waals surface area (Å²) in [5, 5.41) is 7.97. The van der Waals surface area contributed by atoms with Gasteiger partial charge in [-0.25, -0.2) is 9.97 Å². The number of anilines is 1. The second-order valence-electron chi connectivity index (χ2n) is 9.76. The minimum atomic E-state index is -0.380. The summed E-state index contributed by atoms with van der Waals surface area (Å²) in [6, 6.07) is 18.7. The molecule has 0 atom stereocenters. The fourth-order valence-electron chi connectivity index (χ4n) is 5.17. The molecule has 4 aromatic rings. The van der Waals surface area contributed by atoms with Gasteiger partial charge < -0.3 is 10.2 Å². The number of imide groups is 1. The van der Waals surface area contributed by atoms with Crippen molar-refractivity contribution in [1.82, 2.24) is 25.6 Å². The Morgan fingerprint density at radius 2 is 1.82 bits per heavy atom. The minimum Gasteiger partial charge on any atom is -0.341 e. The van der Waals surface area contributed by atoms with E-state index in [-0.39, 0.29) is 11.1 Å². The van der Waals surface area contributed by atoms with Gasteiger partial charge in [-0.2, -0.15) is 0 Å². The van der Waals surface area contributed by atoms with Crippen LogP contribution in [0.2, 0.25) is 0 Å². The number of aromatic nitrogens is 3. The highest BCUT2D eigenvalue weighted by Gasteiger charge is 2.26. The lowest BCUT2D eigenvalue weighted by molar-refractivity contribution is -0.115. The van der Waals surface area contributed by atoms with Gasteiger partial charge in [0, 0.05) is 49.2 Å². The van der Waals surface area contributed by atoms with Gasteiger partial charge in [0.1, 0.15) is 0 Å². The maximum Gasteiger partial charge on any atom is 0.290 e. The lowest BCUT2D eigenvalue weighted by atomic mass is 9.95. The van der Waals surface area contributed by atoms with Gasteiger partial charge in [0.2, 0.25) is 5.95 Å². The first-order valence-corrected chi connectivity index (χ1v) is 13.9. The summed E-state index contributed by atoms with van der Waals surface area (Å²) in [5.74, 6) is 0.848. The van der Waals surface area contributed by atoms with Gasteiger partial charge >= 0.3 is 0 Å². The van der Waals surface area contributed by atoms with E-state index in [2.05, 4.69) is 72.9 Å². The number of benzene rings is 2. The Labute approximate surface area is 231 Å². The third kappa shape index (κ3) is 5.69. The molecule has 2 aliphatic heterocycles. The molecule has 0 aliphatic carbocycles. The van der Waals surface area contributed by atoms with Crippen LogP contribution in [0.15, 0.2) is 78.1 Å². The average Bonchev–Trinajstić information content (AvgIpc) is 3.29. The van der Waals surface area contributed by atoms with Crippen molar-refractivity contribution in [3.05, 3.63) is 89.4 Å². The van der Waals surface area contributed by atoms with Crippen LogP contribution < -0.4 is 15.5 Å². The van der Waals surface area contributed by atoms with Gasteiger partial charge in [-0.15, -0.1) is 0 Å². The smallest absolute Gasteiger partial charge is 0.290 e. The number of thioether (sulfide) groups is 1. The van der Waals surface area contributed by atoms with E-state index in [9.17, 15) is 9.59 Å². The summed E-state index contributed by atoms with van der Waals surface area (Å²) in [5.41, 5.74) is 4.27. The van der Waals surface area contributed by atoms with Crippen LogP contribution in [-0.4, -0.2) is 45.7 Å². The molecular weight excluding hydrogens is 508 g/mol. The van der Waals surface area contributed by atoms with E-state index in [1.165, 1.54) is 16.5 Å². The number of nitrogens with zero attached hydrogens (tertiary/aromatic N) is 4. The molecule has 2 fully saturated rings. The van der Waals surface area contributed by atoms with Gasteiger partial charge in [-0.1, -0.05) is 48.5 Å². The number of piperidine rings is 1. The third-order valence-corrected chi connectivity index (χ3v) is 8.02. The normalized spacial score (nSPS) is 17.2. The molecule has 4 heterocycles. The van der Waals surface area contributed by atoms with Crippen LogP contribution in [0.25, 0.3) is 28.0 Å². The first-order valence-electron chi connectivity index (χ1n) is 13.1. The molecule has 0 radical (unpaired) electrons. The van der Waals surface area contributed by atoms with Crippen molar-refractivity contribution >= 4 is 45.7 Å². The molecule has 2 aromatic heterocycles. The lowest BCUT2D eigenvalue weighted by Crippen LogP contribution is -2.38. The molecule has 0 bridgehead atoms. The summed E-state index contributed by atoms with van der Waals surface area (Å²) < 4.78 is 0. The maximum atomic E-state index is 11.8. The Bertz CT molecular complexity index is 1560. The zero-order valence-electron chi connectivity index (χ0n) is 21.3. The summed E-state index contributed by atoms with van der Waals surface area (Å²) in [6.07, 6.45) is 9.31. The number of fused-ring (bicyclic) bond motifs is 1. The monoisotopic (exact) mass is 536 g/mol. The Morgan fingerprint density at radius 1 is 1.00 bits per heavy atom. The molecule has 2 aliphatic rings. The molecular formula is C30H28N6O2S. The molecule has 2 saturated heterocycles. The van der Waals surface area contributed by atoms with Crippen LogP contribution in [0.1, 0.15) is 24.1 Å². The van der Waals surface area contributed by atoms with Gasteiger partial charge in [-0.3, -0.25) is 19.9 Å². The quantitative estimate of drug-likeness (QED) is 0.318. The number of amides is 2. The van der Waals surface area contributed by atoms with E-state index in [4.69, 9.17) is 0 Å². The van der Waals surface area contributed by atoms with Crippen LogP contribution in [-0.2, 0) is 11.3 Å². The topological polar surface area (TPSA) is 100 Å². The Balaban J connectivity index is 1.05. The largest absolute Gasteiger partial charge is 0.341 e. The van der Waals surface area contributed by atoms with Crippen molar-refractivity contribution in [2.24, 2.45) is 5.92 Å². The van der Waals surface area contributed by atoms with Gasteiger partial charge in [0.25, 0.3) is 11.1 Å². The molecule has 0 spiro atoms. The highest BCUT2D eigenvalue weighted by molar-refractivity contribution is 8.18. The van der Waals surface area contributed by atoms with E-state index >= 15 is 0 Å². The van der Waals surface area contributed by atoms with Crippen molar-refractivity contribution in [3.8, 4) is 11.1 Å². The van der Waals surface area contributed by atoms with Crippen molar-refractivity contribution in [1.29, 1.82) is 0 Å². The van der Waals surface area contributed by atoms with E-state index < -0.39 is 0 Å². The number of hydrogen-bond donors (Lipinski definition) is 2. The van der Waals surface area contributed by atoms with E-state index in [0.29, 0.717) is 22.5 Å². The van der Waals surface area contributed by atoms with Crippen molar-refractivity contribution in [3.63, 3.8) is 0 Å². The number of carbonyl (C=O) groups excluding carboxylic acids is 2. The molecule has 2 N–H and O–H groups in total. The Morgan fingerprint density at radius 3 is 2.67 bits per heavy atom. The Hall–Kier alpha value is -4.08. The zero-order valence-corrected chi connectivity index (χ0v) is 22.2. The predicted octanol–water partition coefficient (Wildman–Crippen LogP) is 5.02. The maximum absolute atomic E-state index is 11.8. The summed E-state index contributed by atoms with van der Waals surface area (Å²) in [4.78, 5) is 39.4. The molecule has 39 heavy (non-hydrogen) atoms. The van der Waals surface area contributed by atoms with E-state index in [1.807, 2.05) is 18.5 Å². The highest BCUT2D eigenvalue weighted by Crippen LogP contribution is 2.30. The molecule has 2 amide bonds. The first kappa shape index (κ1) is 25.2. The standard InChI is InChI=1S/C30H28N6O2S/c37-28-27(39-30(38)35-28)15-23-9-12-33-29(34-23)36-13-10-20(11-14-36)16-31-17-21-5-1-3-7-24(21)26-19-32-18-22-6-2-4-8-25(22)26/h1-9,12,15,18-20,31H,10-11,13-14,16-17H2,(H,35,37,38). The number of nitrogens with one attached hydrogen (secondary N) is 2. The van der Waals surface area contributed by atoms with Crippen molar-refractivity contribution < 1.29 is 9.59 Å². The first-order chi connectivity index (χ1) is 19.1. The molecule has 196 valence electrons. The van der Waals surface area contributed by atoms with Gasteiger partial charge in [0.15, 0.2) is 0 Å². The second-order valence-corrected chi connectivity index (χ2v) is 10.8. The number of hydrogen-bond acceptors (Lipinski definition) is 8. The Kier molecular flexibility index (Phi) is 7.33. The fraction of sp³-hybridized carbons (Fsp3) is 0.233. The van der Waals surface area contributed by atoms with Crippen molar-refractivity contribution in [2.45, 2.75) is 19.4 Å². The fourth-order valence-corrected chi connectivity index (χ4v) is 5.83. The average molecular weight is 537 g/mol. The second kappa shape index (κ2) is 11.3.